The van der Waals surface area contributed by atoms with Crippen LogP contribution in [0.3, 0.4) is 0 Å². The molecule has 1 amide bonds. The molecule has 0 saturated heterocycles. The number of hydrogen-bond acceptors (Lipinski definition) is 8. The van der Waals surface area contributed by atoms with Gasteiger partial charge in [-0.2, -0.15) is 0 Å². The first kappa shape index (κ1) is 22.4. The number of nitrogens with one attached hydrogen (secondary N) is 1. The Hall–Kier alpha value is -3.77. The molecule has 0 saturated carbocycles. The monoisotopic (exact) mass is 526 g/mol. The Kier molecular flexibility index (Phi) is 6.66. The van der Waals surface area contributed by atoms with E-state index in [-0.39, 0.29) is 5.15 Å². The van der Waals surface area contributed by atoms with Crippen molar-refractivity contribution < 1.29 is 14.3 Å². The van der Waals surface area contributed by atoms with Crippen molar-refractivity contribution in [2.45, 2.75) is 6.92 Å². The average molecular weight is 526 g/mol. The molecule has 0 aliphatic carbocycles. The van der Waals surface area contributed by atoms with Crippen LogP contribution in [0.1, 0.15) is 21.6 Å². The molecule has 33 heavy (non-hydrogen) atoms. The van der Waals surface area contributed by atoms with E-state index in [2.05, 4.69) is 25.5 Å². The molecule has 164 valence electrons. The maximum atomic E-state index is 13.1. The fraction of sp³-hybridized carbons (Fsp3) is 0.0909. The summed E-state index contributed by atoms with van der Waals surface area (Å²) >= 11 is 5.64. The van der Waals surface area contributed by atoms with Crippen molar-refractivity contribution in [2.75, 3.05) is 12.4 Å². The molecule has 0 atom stereocenters. The Bertz CT molecular complexity index is 1370. The van der Waals surface area contributed by atoms with Crippen LogP contribution in [-0.4, -0.2) is 47.7 Å². The molecular weight excluding hydrogens is 511 g/mol. The normalized spacial score (nSPS) is 10.4. The molecule has 9 nitrogen and oxygen atoms in total. The molecule has 0 aliphatic rings. The SMILES string of the molecule is COc1cnc(Cl)cc1-c1cc(C)ncc1C(=O)Nc1nnc(Oc2ccc(C#N)cc2)[se]1. The van der Waals surface area contributed by atoms with Crippen LogP contribution in [0.5, 0.6) is 16.3 Å². The van der Waals surface area contributed by atoms with Crippen molar-refractivity contribution in [3.05, 3.63) is 70.8 Å². The fourth-order valence-corrected chi connectivity index (χ4v) is 4.36. The van der Waals surface area contributed by atoms with Crippen LogP contribution >= 0.6 is 11.6 Å². The predicted molar refractivity (Wildman–Crippen MR) is 122 cm³/mol. The van der Waals surface area contributed by atoms with Gasteiger partial charge in [0.1, 0.15) is 0 Å². The number of rotatable bonds is 6. The zero-order chi connectivity index (χ0) is 23.4. The van der Waals surface area contributed by atoms with Crippen LogP contribution in [-0.2, 0) is 0 Å². The summed E-state index contributed by atoms with van der Waals surface area (Å²) in [5.74, 6) is 0.606. The Morgan fingerprint density at radius 1 is 1.12 bits per heavy atom. The second kappa shape index (κ2) is 9.79. The molecule has 0 radical (unpaired) electrons. The van der Waals surface area contributed by atoms with Crippen LogP contribution < -0.4 is 14.8 Å². The number of pyridine rings is 2. The van der Waals surface area contributed by atoms with E-state index in [9.17, 15) is 4.79 Å². The minimum atomic E-state index is -0.445. The van der Waals surface area contributed by atoms with Gasteiger partial charge >= 0.3 is 200 Å². The summed E-state index contributed by atoms with van der Waals surface area (Å²) in [6.45, 7) is 1.82. The van der Waals surface area contributed by atoms with Crippen molar-refractivity contribution in [3.63, 3.8) is 0 Å². The quantitative estimate of drug-likeness (QED) is 0.297. The Morgan fingerprint density at radius 3 is 2.64 bits per heavy atom. The summed E-state index contributed by atoms with van der Waals surface area (Å²) in [7, 11) is 1.52. The number of methoxy groups -OCH3 is 1. The van der Waals surface area contributed by atoms with E-state index in [0.717, 1.165) is 5.69 Å². The summed E-state index contributed by atoms with van der Waals surface area (Å²) < 4.78 is 11.9. The van der Waals surface area contributed by atoms with Crippen molar-refractivity contribution in [1.82, 2.24) is 20.2 Å². The molecule has 1 aromatic carbocycles. The number of carbonyl (C=O) groups is 1. The van der Waals surface area contributed by atoms with Gasteiger partial charge in [-0.25, -0.2) is 0 Å². The third-order valence-electron chi connectivity index (χ3n) is 4.44. The van der Waals surface area contributed by atoms with Gasteiger partial charge in [-0.15, -0.1) is 0 Å². The fourth-order valence-electron chi connectivity index (χ4n) is 2.92. The Balaban J connectivity index is 1.58. The summed E-state index contributed by atoms with van der Waals surface area (Å²) in [5, 5.41) is 20.0. The minimum absolute atomic E-state index is 0.271. The number of amides is 1. The molecule has 3 heterocycles. The first-order valence-electron chi connectivity index (χ1n) is 9.46. The van der Waals surface area contributed by atoms with Gasteiger partial charge in [0, 0.05) is 0 Å². The van der Waals surface area contributed by atoms with E-state index in [0.29, 0.717) is 43.2 Å². The molecule has 0 spiro atoms. The molecule has 1 N–H and O–H groups in total. The second-order valence-corrected chi connectivity index (χ2v) is 9.00. The van der Waals surface area contributed by atoms with Gasteiger partial charge in [-0.05, 0) is 0 Å². The average Bonchev–Trinajstić information content (AvgIpc) is 3.25. The van der Waals surface area contributed by atoms with E-state index in [1.165, 1.54) is 19.5 Å². The van der Waals surface area contributed by atoms with Gasteiger partial charge in [0.15, 0.2) is 0 Å². The second-order valence-electron chi connectivity index (χ2n) is 6.64. The molecule has 4 aromatic rings. The van der Waals surface area contributed by atoms with Crippen LogP contribution in [0.4, 0.5) is 4.69 Å². The number of halogens is 1. The van der Waals surface area contributed by atoms with E-state index in [1.54, 1.807) is 36.4 Å². The number of hydrogen-bond donors (Lipinski definition) is 1. The molecule has 0 bridgehead atoms. The van der Waals surface area contributed by atoms with Crippen molar-refractivity contribution >= 4 is 36.7 Å². The number of nitriles is 1. The molecule has 4 rings (SSSR count). The summed E-state index contributed by atoms with van der Waals surface area (Å²) in [5.41, 5.74) is 2.79. The summed E-state index contributed by atoms with van der Waals surface area (Å²) in [4.78, 5) is 21.4. The van der Waals surface area contributed by atoms with Crippen molar-refractivity contribution in [3.8, 4) is 33.4 Å². The number of anilines is 1. The zero-order valence-electron chi connectivity index (χ0n) is 17.4. The molecule has 11 heteroatoms. The first-order valence-corrected chi connectivity index (χ1v) is 11.6. The first-order chi connectivity index (χ1) is 16.0. The number of carbonyl (C=O) groups excluding carboxylic acids is 1. The van der Waals surface area contributed by atoms with Gasteiger partial charge in [0.25, 0.3) is 0 Å². The van der Waals surface area contributed by atoms with Crippen LogP contribution in [0.25, 0.3) is 11.1 Å². The van der Waals surface area contributed by atoms with Crippen molar-refractivity contribution in [1.29, 1.82) is 5.26 Å². The van der Waals surface area contributed by atoms with E-state index in [1.807, 2.05) is 13.0 Å². The predicted octanol–water partition coefficient (Wildman–Crippen LogP) is 3.88. The maximum absolute atomic E-state index is 13.1. The van der Waals surface area contributed by atoms with Gasteiger partial charge < -0.3 is 0 Å². The number of aryl methyl sites for hydroxylation is 1. The van der Waals surface area contributed by atoms with Gasteiger partial charge in [0.2, 0.25) is 0 Å². The van der Waals surface area contributed by atoms with Gasteiger partial charge in [-0.1, -0.05) is 0 Å². The molecule has 0 unspecified atom stereocenters. The van der Waals surface area contributed by atoms with E-state index < -0.39 is 20.4 Å². The topological polar surface area (TPSA) is 123 Å². The van der Waals surface area contributed by atoms with E-state index >= 15 is 0 Å². The standard InChI is InChI=1S/C22H15ClN6O3Se/c1-12-7-15(16-8-19(23)26-11-18(16)31-2)17(10-25-12)20(30)27-21-28-29-22(33-21)32-14-5-3-13(9-24)4-6-14/h3-8,10-11H,1-2H3,(H,27,28,30). The zero-order valence-corrected chi connectivity index (χ0v) is 19.8. The van der Waals surface area contributed by atoms with Gasteiger partial charge in [0.05, 0.1) is 0 Å². The molecular formula is C22H15ClN6O3Se. The Labute approximate surface area is 199 Å². The number of aromatic nitrogens is 4. The van der Waals surface area contributed by atoms with Crippen LogP contribution in [0.2, 0.25) is 5.15 Å². The van der Waals surface area contributed by atoms with Gasteiger partial charge in [-0.3, -0.25) is 0 Å². The van der Waals surface area contributed by atoms with E-state index in [4.69, 9.17) is 26.3 Å². The van der Waals surface area contributed by atoms with Crippen LogP contribution in [0, 0.1) is 18.3 Å². The molecule has 3 aromatic heterocycles. The number of nitrogens with zero attached hydrogens (tertiary/aromatic N) is 5. The summed E-state index contributed by atoms with van der Waals surface area (Å²) in [6.07, 6.45) is 2.99. The summed E-state index contributed by atoms with van der Waals surface area (Å²) in [6, 6.07) is 12.1. The number of benzene rings is 1. The van der Waals surface area contributed by atoms with Crippen LogP contribution in [0.15, 0.2) is 48.8 Å². The van der Waals surface area contributed by atoms with Crippen molar-refractivity contribution in [2.24, 2.45) is 0 Å². The molecule has 0 fully saturated rings. The molecule has 0 aliphatic heterocycles. The third kappa shape index (κ3) is 5.18. The third-order valence-corrected chi connectivity index (χ3v) is 6.16. The number of ether oxygens (including phenoxy) is 2. The Morgan fingerprint density at radius 2 is 1.91 bits per heavy atom.